The molecule has 1 aromatic heterocycles. The van der Waals surface area contributed by atoms with Crippen molar-refractivity contribution in [2.75, 3.05) is 20.6 Å². The second-order valence-electron chi connectivity index (χ2n) is 8.13. The van der Waals surface area contributed by atoms with Crippen molar-refractivity contribution in [3.05, 3.63) is 52.4 Å². The summed E-state index contributed by atoms with van der Waals surface area (Å²) in [5.74, 6) is 0.508. The van der Waals surface area contributed by atoms with Crippen molar-refractivity contribution in [3.8, 4) is 0 Å². The van der Waals surface area contributed by atoms with Gasteiger partial charge in [0.2, 0.25) is 5.76 Å². The maximum Gasteiger partial charge on any atom is 0.293 e. The molecule has 5 heteroatoms. The predicted molar refractivity (Wildman–Crippen MR) is 105 cm³/mol. The van der Waals surface area contributed by atoms with Gasteiger partial charge in [-0.05, 0) is 70.2 Å². The first-order chi connectivity index (χ1) is 13.1. The van der Waals surface area contributed by atoms with Crippen LogP contribution in [0.1, 0.15) is 71.1 Å². The molecular weight excluding hydrogens is 338 g/mol. The van der Waals surface area contributed by atoms with Gasteiger partial charge in [-0.15, -0.1) is 0 Å². The molecule has 1 amide bonds. The molecule has 0 saturated carbocycles. The van der Waals surface area contributed by atoms with Crippen molar-refractivity contribution in [1.82, 2.24) is 15.0 Å². The number of fused-ring (bicyclic) bond motifs is 1. The maximum absolute atomic E-state index is 13.3. The first-order valence-electron chi connectivity index (χ1n) is 10.2. The van der Waals surface area contributed by atoms with Gasteiger partial charge in [0.25, 0.3) is 5.91 Å². The minimum absolute atomic E-state index is 0.0210. The van der Waals surface area contributed by atoms with E-state index in [4.69, 9.17) is 4.52 Å². The topological polar surface area (TPSA) is 49.6 Å². The molecule has 2 aliphatic rings. The van der Waals surface area contributed by atoms with Gasteiger partial charge >= 0.3 is 0 Å². The quantitative estimate of drug-likeness (QED) is 0.820. The van der Waals surface area contributed by atoms with Crippen LogP contribution in [0.4, 0.5) is 0 Å². The van der Waals surface area contributed by atoms with Crippen molar-refractivity contribution in [2.45, 2.75) is 57.5 Å². The molecule has 1 fully saturated rings. The van der Waals surface area contributed by atoms with Crippen LogP contribution in [-0.2, 0) is 19.4 Å². The Morgan fingerprint density at radius 2 is 1.93 bits per heavy atom. The highest BCUT2D eigenvalue weighted by atomic mass is 16.5. The second kappa shape index (κ2) is 7.85. The Labute approximate surface area is 161 Å². The summed E-state index contributed by atoms with van der Waals surface area (Å²) in [5.41, 5.74) is 4.56. The maximum atomic E-state index is 13.3. The fourth-order valence-corrected chi connectivity index (χ4v) is 4.42. The predicted octanol–water partition coefficient (Wildman–Crippen LogP) is 3.98. The Bertz CT molecular complexity index is 794. The van der Waals surface area contributed by atoms with Crippen molar-refractivity contribution in [2.24, 2.45) is 0 Å². The van der Waals surface area contributed by atoms with E-state index in [1.165, 1.54) is 11.1 Å². The molecule has 0 bridgehead atoms. The first kappa shape index (κ1) is 18.2. The van der Waals surface area contributed by atoms with Crippen molar-refractivity contribution < 1.29 is 9.32 Å². The molecule has 1 saturated heterocycles. The molecule has 1 aliphatic heterocycles. The standard InChI is InChI=1S/C22H29N3O2/c1-24(2)15-16-10-12-17(13-11-16)20-9-5-6-14-25(20)22(26)21-18-7-3-4-8-19(18)23-27-21/h10-13,20H,3-9,14-15H2,1-2H3. The average molecular weight is 367 g/mol. The van der Waals surface area contributed by atoms with Crippen LogP contribution in [0.2, 0.25) is 0 Å². The minimum atomic E-state index is 0.0210. The molecule has 2 aromatic rings. The van der Waals surface area contributed by atoms with Gasteiger partial charge in [-0.25, -0.2) is 0 Å². The van der Waals surface area contributed by atoms with E-state index >= 15 is 0 Å². The smallest absolute Gasteiger partial charge is 0.293 e. The second-order valence-corrected chi connectivity index (χ2v) is 8.13. The molecule has 1 aliphatic carbocycles. The zero-order valence-electron chi connectivity index (χ0n) is 16.4. The molecule has 0 radical (unpaired) electrons. The number of benzene rings is 1. The van der Waals surface area contributed by atoms with Crippen LogP contribution in [0.25, 0.3) is 0 Å². The van der Waals surface area contributed by atoms with Gasteiger partial charge < -0.3 is 14.3 Å². The van der Waals surface area contributed by atoms with E-state index in [1.54, 1.807) is 0 Å². The van der Waals surface area contributed by atoms with Gasteiger partial charge in [0.15, 0.2) is 0 Å². The summed E-state index contributed by atoms with van der Waals surface area (Å²) in [4.78, 5) is 17.5. The molecule has 1 aromatic carbocycles. The van der Waals surface area contributed by atoms with Crippen LogP contribution < -0.4 is 0 Å². The molecule has 4 rings (SSSR count). The summed E-state index contributed by atoms with van der Waals surface area (Å²) in [5, 5.41) is 4.18. The summed E-state index contributed by atoms with van der Waals surface area (Å²) in [6.07, 6.45) is 7.32. The minimum Gasteiger partial charge on any atom is -0.350 e. The summed E-state index contributed by atoms with van der Waals surface area (Å²) in [7, 11) is 4.15. The van der Waals surface area contributed by atoms with Gasteiger partial charge in [-0.3, -0.25) is 4.79 Å². The van der Waals surface area contributed by atoms with Gasteiger partial charge in [0.1, 0.15) is 0 Å². The van der Waals surface area contributed by atoms with E-state index in [0.717, 1.165) is 69.3 Å². The summed E-state index contributed by atoms with van der Waals surface area (Å²) >= 11 is 0. The third kappa shape index (κ3) is 3.79. The van der Waals surface area contributed by atoms with Crippen LogP contribution in [0.5, 0.6) is 0 Å². The fraction of sp³-hybridized carbons (Fsp3) is 0.545. The number of aromatic nitrogens is 1. The highest BCUT2D eigenvalue weighted by molar-refractivity contribution is 5.93. The Balaban J connectivity index is 1.57. The van der Waals surface area contributed by atoms with Gasteiger partial charge in [0.05, 0.1) is 11.7 Å². The van der Waals surface area contributed by atoms with E-state index in [2.05, 4.69) is 48.4 Å². The summed E-state index contributed by atoms with van der Waals surface area (Å²) in [6, 6.07) is 8.87. The highest BCUT2D eigenvalue weighted by Crippen LogP contribution is 2.34. The highest BCUT2D eigenvalue weighted by Gasteiger charge is 2.33. The lowest BCUT2D eigenvalue weighted by atomic mass is 9.92. The zero-order valence-corrected chi connectivity index (χ0v) is 16.4. The number of aryl methyl sites for hydroxylation is 1. The molecular formula is C22H29N3O2. The normalized spacial score (nSPS) is 20.0. The van der Waals surface area contributed by atoms with E-state index < -0.39 is 0 Å². The van der Waals surface area contributed by atoms with Gasteiger partial charge in [-0.2, -0.15) is 0 Å². The SMILES string of the molecule is CN(C)Cc1ccc(C2CCCCN2C(=O)c2onc3c2CCCC3)cc1. The summed E-state index contributed by atoms with van der Waals surface area (Å²) in [6.45, 7) is 1.72. The molecule has 1 unspecified atom stereocenters. The number of carbonyl (C=O) groups excluding carboxylic acids is 1. The molecule has 5 nitrogen and oxygen atoms in total. The molecule has 144 valence electrons. The van der Waals surface area contributed by atoms with Crippen LogP contribution in [0, 0.1) is 0 Å². The van der Waals surface area contributed by atoms with Crippen LogP contribution in [0.3, 0.4) is 0 Å². The number of piperidine rings is 1. The van der Waals surface area contributed by atoms with Crippen molar-refractivity contribution in [3.63, 3.8) is 0 Å². The summed E-state index contributed by atoms with van der Waals surface area (Å²) < 4.78 is 5.53. The molecule has 1 atom stereocenters. The molecule has 0 N–H and O–H groups in total. The number of hydrogen-bond acceptors (Lipinski definition) is 4. The monoisotopic (exact) mass is 367 g/mol. The van der Waals surface area contributed by atoms with Gasteiger partial charge in [0, 0.05) is 18.7 Å². The van der Waals surface area contributed by atoms with E-state index in [-0.39, 0.29) is 11.9 Å². The van der Waals surface area contributed by atoms with E-state index in [9.17, 15) is 4.79 Å². The third-order valence-corrected chi connectivity index (χ3v) is 5.78. The van der Waals surface area contributed by atoms with Crippen molar-refractivity contribution >= 4 is 5.91 Å². The lowest BCUT2D eigenvalue weighted by molar-refractivity contribution is 0.0567. The van der Waals surface area contributed by atoms with E-state index in [0.29, 0.717) is 5.76 Å². The van der Waals surface area contributed by atoms with Crippen LogP contribution in [-0.4, -0.2) is 41.5 Å². The lowest BCUT2D eigenvalue weighted by Gasteiger charge is -2.35. The molecule has 27 heavy (non-hydrogen) atoms. The Kier molecular flexibility index (Phi) is 5.30. The lowest BCUT2D eigenvalue weighted by Crippen LogP contribution is -2.38. The first-order valence-corrected chi connectivity index (χ1v) is 10.2. The van der Waals surface area contributed by atoms with Gasteiger partial charge in [-0.1, -0.05) is 29.4 Å². The Hall–Kier alpha value is -2.14. The molecule has 0 spiro atoms. The number of rotatable bonds is 4. The van der Waals surface area contributed by atoms with Crippen LogP contribution >= 0.6 is 0 Å². The number of hydrogen-bond donors (Lipinski definition) is 0. The largest absolute Gasteiger partial charge is 0.350 e. The zero-order chi connectivity index (χ0) is 18.8. The number of carbonyl (C=O) groups is 1. The Morgan fingerprint density at radius 3 is 2.70 bits per heavy atom. The average Bonchev–Trinajstić information content (AvgIpc) is 3.12. The van der Waals surface area contributed by atoms with Crippen molar-refractivity contribution in [1.29, 1.82) is 0 Å². The number of nitrogens with zero attached hydrogens (tertiary/aromatic N) is 3. The number of likely N-dealkylation sites (tertiary alicyclic amines) is 1. The number of amides is 1. The van der Waals surface area contributed by atoms with E-state index in [1.807, 2.05) is 4.90 Å². The third-order valence-electron chi connectivity index (χ3n) is 5.78. The Morgan fingerprint density at radius 1 is 1.15 bits per heavy atom. The molecule has 2 heterocycles. The van der Waals surface area contributed by atoms with Crippen LogP contribution in [0.15, 0.2) is 28.8 Å². The fourth-order valence-electron chi connectivity index (χ4n) is 4.42.